The molecule has 0 aliphatic heterocycles. The maximum atomic E-state index is 3.48. The molecule has 0 nitrogen and oxygen atoms in total. The van der Waals surface area contributed by atoms with Crippen molar-refractivity contribution in [2.24, 2.45) is 0 Å². The zero-order valence-electron chi connectivity index (χ0n) is 10.5. The van der Waals surface area contributed by atoms with Crippen LogP contribution in [0.1, 0.15) is 12.5 Å². The highest BCUT2D eigenvalue weighted by atomic mass is 14.1. The fraction of sp³-hybridized carbons (Fsp3) is 0.111. The number of hydrogen-bond donors (Lipinski definition) is 0. The maximum Gasteiger partial charge on any atom is -0.00640 e. The molecule has 0 N–H and O–H groups in total. The summed E-state index contributed by atoms with van der Waals surface area (Å²) >= 11 is 0. The molecule has 3 rings (SSSR count). The summed E-state index contributed by atoms with van der Waals surface area (Å²) in [5, 5.41) is 0. The predicted molar refractivity (Wildman–Crippen MR) is 76.7 cm³/mol. The Bertz CT molecular complexity index is 623. The van der Waals surface area contributed by atoms with Crippen molar-refractivity contribution < 1.29 is 0 Å². The third kappa shape index (κ3) is 1.91. The van der Waals surface area contributed by atoms with Crippen LogP contribution in [0.4, 0.5) is 0 Å². The molecule has 0 unspecified atom stereocenters. The number of benzene rings is 1. The Kier molecular flexibility index (Phi) is 2.85. The molecule has 0 saturated carbocycles. The number of aryl methyl sites for hydroxylation is 1. The van der Waals surface area contributed by atoms with Gasteiger partial charge in [0.25, 0.3) is 0 Å². The fourth-order valence-corrected chi connectivity index (χ4v) is 2.34. The molecule has 0 atom stereocenters. The van der Waals surface area contributed by atoms with Crippen LogP contribution in [-0.4, -0.2) is 0 Å². The van der Waals surface area contributed by atoms with Crippen LogP contribution in [0.2, 0.25) is 0 Å². The molecule has 0 heterocycles. The Hall–Kier alpha value is -2.08. The first-order valence-electron chi connectivity index (χ1n) is 6.38. The van der Waals surface area contributed by atoms with Gasteiger partial charge in [-0.2, -0.15) is 0 Å². The summed E-state index contributed by atoms with van der Waals surface area (Å²) in [5.41, 5.74) is 6.33. The summed E-state index contributed by atoms with van der Waals surface area (Å²) in [6.07, 6.45) is 1.03. The highest BCUT2D eigenvalue weighted by molar-refractivity contribution is 5.85. The molecule has 87 valence electrons. The van der Waals surface area contributed by atoms with Crippen molar-refractivity contribution in [2.45, 2.75) is 13.3 Å². The Morgan fingerprint density at radius 2 is 1.56 bits per heavy atom. The van der Waals surface area contributed by atoms with Gasteiger partial charge >= 0.3 is 0 Å². The summed E-state index contributed by atoms with van der Waals surface area (Å²) in [6.45, 7) is 2.17. The molecule has 2 aliphatic rings. The quantitative estimate of drug-likeness (QED) is 0.593. The van der Waals surface area contributed by atoms with E-state index in [1.54, 1.807) is 0 Å². The van der Waals surface area contributed by atoms with Crippen molar-refractivity contribution in [3.05, 3.63) is 72.3 Å². The lowest BCUT2D eigenvalue weighted by Gasteiger charge is -2.03. The van der Waals surface area contributed by atoms with Gasteiger partial charge in [0.2, 0.25) is 0 Å². The molecule has 1 aromatic carbocycles. The first-order chi connectivity index (χ1) is 8.88. The Labute approximate surface area is 108 Å². The highest BCUT2D eigenvalue weighted by Crippen LogP contribution is 2.34. The smallest absolute Gasteiger partial charge is 0.00640 e. The predicted octanol–water partition coefficient (Wildman–Crippen LogP) is 4.82. The van der Waals surface area contributed by atoms with Crippen LogP contribution in [0.15, 0.2) is 60.7 Å². The summed E-state index contributed by atoms with van der Waals surface area (Å²) in [4.78, 5) is 0. The molecule has 18 heavy (non-hydrogen) atoms. The van der Waals surface area contributed by atoms with Gasteiger partial charge in [0.05, 0.1) is 0 Å². The van der Waals surface area contributed by atoms with Gasteiger partial charge in [-0.25, -0.2) is 0 Å². The molecule has 0 bridgehead atoms. The minimum atomic E-state index is 1.03. The van der Waals surface area contributed by atoms with E-state index in [9.17, 15) is 0 Å². The molecule has 0 heteroatoms. The van der Waals surface area contributed by atoms with E-state index in [1.165, 1.54) is 27.8 Å². The van der Waals surface area contributed by atoms with Crippen molar-refractivity contribution in [2.75, 3.05) is 0 Å². The topological polar surface area (TPSA) is 0 Å². The van der Waals surface area contributed by atoms with Crippen molar-refractivity contribution in [1.29, 1.82) is 0 Å². The largest absolute Gasteiger partial charge is 0.0622 e. The molecule has 1 aromatic rings. The van der Waals surface area contributed by atoms with Crippen LogP contribution in [-0.2, 0) is 6.42 Å². The van der Waals surface area contributed by atoms with Gasteiger partial charge in [-0.3, -0.25) is 0 Å². The summed E-state index contributed by atoms with van der Waals surface area (Å²) < 4.78 is 0. The zero-order chi connectivity index (χ0) is 12.4. The van der Waals surface area contributed by atoms with E-state index in [-0.39, 0.29) is 0 Å². The van der Waals surface area contributed by atoms with Crippen LogP contribution in [0.3, 0.4) is 0 Å². The molecule has 1 radical (unpaired) electrons. The first-order valence-corrected chi connectivity index (χ1v) is 6.38. The highest BCUT2D eigenvalue weighted by Gasteiger charge is 2.10. The van der Waals surface area contributed by atoms with Gasteiger partial charge < -0.3 is 0 Å². The molecule has 0 spiro atoms. The van der Waals surface area contributed by atoms with E-state index in [4.69, 9.17) is 0 Å². The van der Waals surface area contributed by atoms with Crippen LogP contribution < -0.4 is 0 Å². The minimum Gasteiger partial charge on any atom is -0.0622 e. The lowest BCUT2D eigenvalue weighted by Crippen LogP contribution is -1.77. The van der Waals surface area contributed by atoms with Crippen LogP contribution in [0, 0.1) is 6.07 Å². The molecule has 0 fully saturated rings. The fourth-order valence-electron chi connectivity index (χ4n) is 2.34. The maximum absolute atomic E-state index is 3.48. The molecular formula is C18H15. The summed E-state index contributed by atoms with van der Waals surface area (Å²) in [5.74, 6) is 0. The Balaban J connectivity index is 2.25. The van der Waals surface area contributed by atoms with E-state index in [2.05, 4.69) is 73.7 Å². The van der Waals surface area contributed by atoms with Crippen LogP contribution in [0.5, 0.6) is 0 Å². The second-order valence-electron chi connectivity index (χ2n) is 4.47. The summed E-state index contributed by atoms with van der Waals surface area (Å²) in [7, 11) is 0. The molecule has 0 amide bonds. The van der Waals surface area contributed by atoms with Gasteiger partial charge in [-0.15, -0.1) is 0 Å². The van der Waals surface area contributed by atoms with Crippen molar-refractivity contribution in [3.8, 4) is 22.3 Å². The molecular weight excluding hydrogens is 216 g/mol. The average molecular weight is 231 g/mol. The van der Waals surface area contributed by atoms with E-state index in [0.29, 0.717) is 0 Å². The molecule has 0 aromatic heterocycles. The zero-order valence-corrected chi connectivity index (χ0v) is 10.5. The second-order valence-corrected chi connectivity index (χ2v) is 4.47. The van der Waals surface area contributed by atoms with E-state index in [0.717, 1.165) is 6.42 Å². The van der Waals surface area contributed by atoms with E-state index >= 15 is 0 Å². The third-order valence-electron chi connectivity index (χ3n) is 3.30. The molecule has 0 saturated heterocycles. The van der Waals surface area contributed by atoms with Gasteiger partial charge in [0, 0.05) is 0 Å². The van der Waals surface area contributed by atoms with E-state index < -0.39 is 0 Å². The minimum absolute atomic E-state index is 1.03. The van der Waals surface area contributed by atoms with Gasteiger partial charge in [-0.1, -0.05) is 61.5 Å². The first kappa shape index (κ1) is 11.0. The Morgan fingerprint density at radius 1 is 0.833 bits per heavy atom. The van der Waals surface area contributed by atoms with Gasteiger partial charge in [0.15, 0.2) is 0 Å². The second kappa shape index (κ2) is 4.66. The average Bonchev–Trinajstić information content (AvgIpc) is 2.73. The monoisotopic (exact) mass is 231 g/mol. The normalized spacial score (nSPS) is 10.7. The number of rotatable bonds is 2. The van der Waals surface area contributed by atoms with Gasteiger partial charge in [0.1, 0.15) is 0 Å². The summed E-state index contributed by atoms with van der Waals surface area (Å²) in [6, 6.07) is 24.8. The van der Waals surface area contributed by atoms with Gasteiger partial charge in [-0.05, 0) is 46.4 Å². The number of hydrogen-bond acceptors (Lipinski definition) is 0. The lowest BCUT2D eigenvalue weighted by molar-refractivity contribution is 1.15. The Morgan fingerprint density at radius 3 is 2.33 bits per heavy atom. The van der Waals surface area contributed by atoms with E-state index in [1.807, 2.05) is 0 Å². The third-order valence-corrected chi connectivity index (χ3v) is 3.30. The van der Waals surface area contributed by atoms with Crippen molar-refractivity contribution >= 4 is 0 Å². The standard InChI is InChI=1S/C18H15/c1-2-14-12-16-10-6-7-11-17(18(16)13-14)15-8-4-3-5-9-15/h3-11,13H,2H2,1H3. The molecule has 2 aliphatic carbocycles. The number of fused-ring (bicyclic) bond motifs is 1. The van der Waals surface area contributed by atoms with Crippen LogP contribution >= 0.6 is 0 Å². The van der Waals surface area contributed by atoms with Crippen molar-refractivity contribution in [1.82, 2.24) is 0 Å². The SMILES string of the molecule is CCc1[c]c2ccccc(-c3ccccc3)c-2c1. The van der Waals surface area contributed by atoms with Crippen LogP contribution in [0.25, 0.3) is 22.3 Å². The lowest BCUT2D eigenvalue weighted by atomic mass is 10.0. The van der Waals surface area contributed by atoms with Crippen molar-refractivity contribution in [3.63, 3.8) is 0 Å².